The molecule has 152 valence electrons. The molecule has 0 bridgehead atoms. The normalized spacial score (nSPS) is 14.5. The van der Waals surface area contributed by atoms with Crippen molar-refractivity contribution in [3.8, 4) is 0 Å². The number of aliphatic hydroxyl groups excluding tert-OH is 1. The zero-order chi connectivity index (χ0) is 20.8. The summed E-state index contributed by atoms with van der Waals surface area (Å²) >= 11 is 0. The van der Waals surface area contributed by atoms with Gasteiger partial charge in [-0.2, -0.15) is 0 Å². The maximum absolute atomic E-state index is 12.8. The van der Waals surface area contributed by atoms with Gasteiger partial charge in [-0.1, -0.05) is 32.0 Å². The first-order valence-corrected chi connectivity index (χ1v) is 8.99. The lowest BCUT2D eigenvalue weighted by Crippen LogP contribution is -2.56. The van der Waals surface area contributed by atoms with E-state index < -0.39 is 42.5 Å². The van der Waals surface area contributed by atoms with Gasteiger partial charge in [0.2, 0.25) is 11.8 Å². The van der Waals surface area contributed by atoms with Crippen molar-refractivity contribution < 1.29 is 24.6 Å². The van der Waals surface area contributed by atoms with Gasteiger partial charge in [-0.3, -0.25) is 9.59 Å². The van der Waals surface area contributed by atoms with Crippen molar-refractivity contribution in [2.24, 2.45) is 11.7 Å². The maximum Gasteiger partial charge on any atom is 0.326 e. The van der Waals surface area contributed by atoms with E-state index >= 15 is 0 Å². The molecule has 7 N–H and O–H groups in total. The average molecular weight is 390 g/mol. The number of carbonyl (C=O) groups excluding carboxylic acids is 2. The van der Waals surface area contributed by atoms with Crippen LogP contribution in [0, 0.1) is 5.92 Å². The summed E-state index contributed by atoms with van der Waals surface area (Å²) in [5.74, 6) is -2.83. The van der Waals surface area contributed by atoms with Gasteiger partial charge in [-0.25, -0.2) is 4.79 Å². The quantitative estimate of drug-likeness (QED) is 0.346. The molecule has 0 aliphatic rings. The van der Waals surface area contributed by atoms with Crippen molar-refractivity contribution >= 4 is 28.7 Å². The van der Waals surface area contributed by atoms with Gasteiger partial charge < -0.3 is 31.6 Å². The van der Waals surface area contributed by atoms with Gasteiger partial charge in [0.1, 0.15) is 18.1 Å². The molecule has 3 atom stereocenters. The minimum atomic E-state index is -1.18. The minimum absolute atomic E-state index is 0.129. The van der Waals surface area contributed by atoms with Gasteiger partial charge in [0.15, 0.2) is 0 Å². The number of aromatic nitrogens is 1. The van der Waals surface area contributed by atoms with Crippen molar-refractivity contribution in [2.75, 3.05) is 6.61 Å². The number of H-pyrrole nitrogens is 1. The highest BCUT2D eigenvalue weighted by Crippen LogP contribution is 2.19. The Kier molecular flexibility index (Phi) is 7.13. The summed E-state index contributed by atoms with van der Waals surface area (Å²) in [5.41, 5.74) is 7.19. The Morgan fingerprint density at radius 1 is 1.14 bits per heavy atom. The molecule has 9 nitrogen and oxygen atoms in total. The summed E-state index contributed by atoms with van der Waals surface area (Å²) < 4.78 is 0. The number of para-hydroxylation sites is 1. The van der Waals surface area contributed by atoms with Crippen LogP contribution < -0.4 is 16.4 Å². The number of nitrogens with two attached hydrogens (primary N) is 1. The van der Waals surface area contributed by atoms with E-state index in [1.807, 2.05) is 24.3 Å². The maximum atomic E-state index is 12.8. The van der Waals surface area contributed by atoms with E-state index in [1.54, 1.807) is 20.0 Å². The first kappa shape index (κ1) is 21.4. The Morgan fingerprint density at radius 3 is 2.43 bits per heavy atom. The number of aliphatic carboxylic acids is 1. The van der Waals surface area contributed by atoms with E-state index in [4.69, 9.17) is 10.8 Å². The number of hydrogen-bond donors (Lipinski definition) is 6. The van der Waals surface area contributed by atoms with E-state index in [1.165, 1.54) is 0 Å². The van der Waals surface area contributed by atoms with Crippen molar-refractivity contribution in [3.05, 3.63) is 36.0 Å². The molecule has 2 aromatic rings. The van der Waals surface area contributed by atoms with Gasteiger partial charge >= 0.3 is 5.97 Å². The molecule has 0 saturated carbocycles. The van der Waals surface area contributed by atoms with Gasteiger partial charge in [0.25, 0.3) is 0 Å². The first-order valence-electron chi connectivity index (χ1n) is 8.99. The second kappa shape index (κ2) is 9.34. The van der Waals surface area contributed by atoms with Gasteiger partial charge in [0.05, 0.1) is 6.61 Å². The SMILES string of the molecule is CC(C)C(NC(=O)C(Cc1c[nH]c2ccccc12)NC(=O)C(N)CO)C(=O)O. The molecule has 0 radical (unpaired) electrons. The monoisotopic (exact) mass is 390 g/mol. The lowest BCUT2D eigenvalue weighted by Gasteiger charge is -2.24. The lowest BCUT2D eigenvalue weighted by molar-refractivity contribution is -0.143. The number of carboxylic acid groups (broad SMARTS) is 1. The predicted molar refractivity (Wildman–Crippen MR) is 103 cm³/mol. The zero-order valence-electron chi connectivity index (χ0n) is 15.8. The molecule has 1 heterocycles. The fourth-order valence-electron chi connectivity index (χ4n) is 2.86. The average Bonchev–Trinajstić information content (AvgIpc) is 3.07. The molecule has 0 fully saturated rings. The smallest absolute Gasteiger partial charge is 0.326 e. The Hall–Kier alpha value is -2.91. The highest BCUT2D eigenvalue weighted by Gasteiger charge is 2.30. The third kappa shape index (κ3) is 5.08. The second-order valence-corrected chi connectivity index (χ2v) is 6.98. The van der Waals surface area contributed by atoms with Crippen LogP contribution in [-0.4, -0.2) is 57.7 Å². The summed E-state index contributed by atoms with van der Waals surface area (Å²) in [5, 5.41) is 24.3. The van der Waals surface area contributed by atoms with Crippen molar-refractivity contribution in [2.45, 2.75) is 38.4 Å². The summed E-state index contributed by atoms with van der Waals surface area (Å²) in [4.78, 5) is 39.4. The first-order chi connectivity index (χ1) is 13.2. The van der Waals surface area contributed by atoms with Gasteiger partial charge in [-0.15, -0.1) is 0 Å². The zero-order valence-corrected chi connectivity index (χ0v) is 15.8. The highest BCUT2D eigenvalue weighted by molar-refractivity contribution is 5.93. The molecule has 1 aromatic heterocycles. The van der Waals surface area contributed by atoms with Crippen LogP contribution in [0.15, 0.2) is 30.5 Å². The molecule has 0 aliphatic carbocycles. The fraction of sp³-hybridized carbons (Fsp3) is 0.421. The summed E-state index contributed by atoms with van der Waals surface area (Å²) in [7, 11) is 0. The highest BCUT2D eigenvalue weighted by atomic mass is 16.4. The van der Waals surface area contributed by atoms with Crippen LogP contribution in [0.2, 0.25) is 0 Å². The minimum Gasteiger partial charge on any atom is -0.480 e. The number of amides is 2. The number of benzene rings is 1. The molecular weight excluding hydrogens is 364 g/mol. The van der Waals surface area contributed by atoms with E-state index in [-0.39, 0.29) is 12.3 Å². The molecule has 2 rings (SSSR count). The fourth-order valence-corrected chi connectivity index (χ4v) is 2.86. The molecule has 9 heteroatoms. The Labute approximate surface area is 162 Å². The summed E-state index contributed by atoms with van der Waals surface area (Å²) in [6.07, 6.45) is 1.87. The molecule has 3 unspecified atom stereocenters. The largest absolute Gasteiger partial charge is 0.480 e. The second-order valence-electron chi connectivity index (χ2n) is 6.98. The molecule has 0 spiro atoms. The van der Waals surface area contributed by atoms with E-state index in [2.05, 4.69) is 15.6 Å². The Bertz CT molecular complexity index is 848. The van der Waals surface area contributed by atoms with Crippen LogP contribution in [-0.2, 0) is 20.8 Å². The van der Waals surface area contributed by atoms with Crippen molar-refractivity contribution in [1.82, 2.24) is 15.6 Å². The van der Waals surface area contributed by atoms with Gasteiger partial charge in [0, 0.05) is 23.5 Å². The third-order valence-electron chi connectivity index (χ3n) is 4.50. The molecule has 2 amide bonds. The van der Waals surface area contributed by atoms with Crippen molar-refractivity contribution in [1.29, 1.82) is 0 Å². The standard InChI is InChI=1S/C19H26N4O5/c1-10(2)16(19(27)28)23-18(26)15(22-17(25)13(20)9-24)7-11-8-21-14-6-4-3-5-12(11)14/h3-6,8,10,13,15-16,21,24H,7,9,20H2,1-2H3,(H,22,25)(H,23,26)(H,27,28). The molecular formula is C19H26N4O5. The summed E-state index contributed by atoms with van der Waals surface area (Å²) in [6.45, 7) is 2.78. The van der Waals surface area contributed by atoms with Gasteiger partial charge in [-0.05, 0) is 17.5 Å². The van der Waals surface area contributed by atoms with E-state index in [0.717, 1.165) is 16.5 Å². The van der Waals surface area contributed by atoms with E-state index in [0.29, 0.717) is 0 Å². The van der Waals surface area contributed by atoms with Crippen LogP contribution in [0.25, 0.3) is 10.9 Å². The number of hydrogen-bond acceptors (Lipinski definition) is 5. The number of carbonyl (C=O) groups is 3. The molecule has 0 saturated heterocycles. The number of nitrogens with one attached hydrogen (secondary N) is 3. The molecule has 1 aromatic carbocycles. The van der Waals surface area contributed by atoms with Crippen LogP contribution in [0.5, 0.6) is 0 Å². The number of carboxylic acids is 1. The predicted octanol–water partition coefficient (Wildman–Crippen LogP) is -0.260. The number of fused-ring (bicyclic) bond motifs is 1. The Morgan fingerprint density at radius 2 is 1.82 bits per heavy atom. The van der Waals surface area contributed by atoms with Crippen LogP contribution in [0.1, 0.15) is 19.4 Å². The van der Waals surface area contributed by atoms with Crippen molar-refractivity contribution in [3.63, 3.8) is 0 Å². The number of aliphatic hydroxyl groups is 1. The van der Waals surface area contributed by atoms with Crippen LogP contribution in [0.4, 0.5) is 0 Å². The Balaban J connectivity index is 2.26. The molecule has 28 heavy (non-hydrogen) atoms. The summed E-state index contributed by atoms with van der Waals surface area (Å²) in [6, 6.07) is 4.16. The van der Waals surface area contributed by atoms with Crippen LogP contribution >= 0.6 is 0 Å². The lowest BCUT2D eigenvalue weighted by atomic mass is 10.0. The number of aromatic amines is 1. The third-order valence-corrected chi connectivity index (χ3v) is 4.50. The van der Waals surface area contributed by atoms with Crippen LogP contribution in [0.3, 0.4) is 0 Å². The molecule has 0 aliphatic heterocycles. The van der Waals surface area contributed by atoms with E-state index in [9.17, 15) is 19.5 Å². The topological polar surface area (TPSA) is 158 Å². The number of rotatable bonds is 9.